The van der Waals surface area contributed by atoms with Crippen LogP contribution < -0.4 is 5.73 Å². The molecule has 3 fully saturated rings. The second-order valence-corrected chi connectivity index (χ2v) is 6.87. The number of carbonyl (C=O) groups is 2. The van der Waals surface area contributed by atoms with Crippen LogP contribution in [-0.4, -0.2) is 23.4 Å². The third kappa shape index (κ3) is 2.38. The van der Waals surface area contributed by atoms with Gasteiger partial charge in [-0.05, 0) is 43.2 Å². The first-order valence-corrected chi connectivity index (χ1v) is 7.49. The molecule has 1 aromatic rings. The van der Waals surface area contributed by atoms with Crippen molar-refractivity contribution in [2.45, 2.75) is 32.1 Å². The molecule has 3 saturated carbocycles. The Hall–Kier alpha value is -1.68. The number of hydrogen-bond acceptors (Lipinski definition) is 3. The van der Waals surface area contributed by atoms with Crippen LogP contribution in [0.2, 0.25) is 0 Å². The van der Waals surface area contributed by atoms with E-state index in [2.05, 4.69) is 0 Å². The second-order valence-electron chi connectivity index (χ2n) is 6.87. The molecule has 0 spiro atoms. The molecule has 0 aromatic heterocycles. The van der Waals surface area contributed by atoms with Gasteiger partial charge in [-0.3, -0.25) is 9.59 Å². The average molecular weight is 287 g/mol. The molecule has 0 amide bonds. The molecule has 0 aliphatic heterocycles. The van der Waals surface area contributed by atoms with E-state index in [4.69, 9.17) is 5.73 Å². The number of benzene rings is 1. The number of rotatable bonds is 7. The summed E-state index contributed by atoms with van der Waals surface area (Å²) in [6.45, 7) is 0.647. The fourth-order valence-electron chi connectivity index (χ4n) is 4.10. The lowest BCUT2D eigenvalue weighted by molar-refractivity contribution is -0.201. The quantitative estimate of drug-likeness (QED) is 0.804. The molecule has 3 N–H and O–H groups in total. The van der Waals surface area contributed by atoms with Crippen LogP contribution in [0.3, 0.4) is 0 Å². The second kappa shape index (κ2) is 4.95. The minimum atomic E-state index is -0.882. The van der Waals surface area contributed by atoms with Gasteiger partial charge in [0.05, 0.1) is 5.92 Å². The van der Waals surface area contributed by atoms with Crippen molar-refractivity contribution < 1.29 is 14.7 Å². The van der Waals surface area contributed by atoms with E-state index in [0.29, 0.717) is 13.0 Å². The Balaban J connectivity index is 1.61. The van der Waals surface area contributed by atoms with Gasteiger partial charge in [-0.1, -0.05) is 30.3 Å². The summed E-state index contributed by atoms with van der Waals surface area (Å²) in [6, 6.07) is 9.50. The molecule has 0 saturated heterocycles. The maximum Gasteiger partial charge on any atom is 0.307 e. The molecule has 112 valence electrons. The maximum absolute atomic E-state index is 12.4. The summed E-state index contributed by atoms with van der Waals surface area (Å²) in [5, 5.41) is 9.38. The number of Topliss-reactive ketones (excluding diaryl/α,β-unsaturated/α-hetero) is 1. The fraction of sp³-hybridized carbons (Fsp3) is 0.529. The van der Waals surface area contributed by atoms with E-state index < -0.39 is 11.9 Å². The SMILES string of the molecule is NCC12CC(C(=O)C[C@@H](Cc3ccccc3)C(=O)O)(C1)C2. The number of nitrogens with two attached hydrogens (primary N) is 1. The smallest absolute Gasteiger partial charge is 0.307 e. The summed E-state index contributed by atoms with van der Waals surface area (Å²) < 4.78 is 0. The van der Waals surface area contributed by atoms with Crippen molar-refractivity contribution in [3.63, 3.8) is 0 Å². The van der Waals surface area contributed by atoms with Crippen molar-refractivity contribution in [3.05, 3.63) is 35.9 Å². The van der Waals surface area contributed by atoms with Crippen molar-refractivity contribution in [1.29, 1.82) is 0 Å². The Kier molecular flexibility index (Phi) is 3.36. The zero-order chi connectivity index (χ0) is 15.1. The molecule has 0 heterocycles. The fourth-order valence-corrected chi connectivity index (χ4v) is 4.10. The van der Waals surface area contributed by atoms with Gasteiger partial charge in [-0.2, -0.15) is 0 Å². The Bertz CT molecular complexity index is 547. The Morgan fingerprint density at radius 1 is 1.19 bits per heavy atom. The van der Waals surface area contributed by atoms with Gasteiger partial charge in [-0.25, -0.2) is 0 Å². The van der Waals surface area contributed by atoms with Gasteiger partial charge < -0.3 is 10.8 Å². The molecule has 4 rings (SSSR count). The van der Waals surface area contributed by atoms with Crippen LogP contribution in [0.15, 0.2) is 30.3 Å². The minimum Gasteiger partial charge on any atom is -0.481 e. The van der Waals surface area contributed by atoms with Crippen LogP contribution >= 0.6 is 0 Å². The predicted octanol–water partition coefficient (Wildman–Crippen LogP) is 2.02. The topological polar surface area (TPSA) is 80.4 Å². The van der Waals surface area contributed by atoms with Crippen molar-refractivity contribution >= 4 is 11.8 Å². The monoisotopic (exact) mass is 287 g/mol. The van der Waals surface area contributed by atoms with Crippen LogP contribution in [0.5, 0.6) is 0 Å². The summed E-state index contributed by atoms with van der Waals surface area (Å²) in [5.74, 6) is -1.38. The molecule has 2 bridgehead atoms. The summed E-state index contributed by atoms with van der Waals surface area (Å²) in [7, 11) is 0. The van der Waals surface area contributed by atoms with Gasteiger partial charge in [0.2, 0.25) is 0 Å². The van der Waals surface area contributed by atoms with Gasteiger partial charge in [0.1, 0.15) is 5.78 Å². The number of carbonyl (C=O) groups excluding carboxylic acids is 1. The highest BCUT2D eigenvalue weighted by Gasteiger charge is 2.69. The van der Waals surface area contributed by atoms with Crippen molar-refractivity contribution in [2.24, 2.45) is 22.5 Å². The van der Waals surface area contributed by atoms with E-state index >= 15 is 0 Å². The normalized spacial score (nSPS) is 30.9. The lowest BCUT2D eigenvalue weighted by Crippen LogP contribution is -2.68. The van der Waals surface area contributed by atoms with Crippen molar-refractivity contribution in [3.8, 4) is 0 Å². The van der Waals surface area contributed by atoms with E-state index in [0.717, 1.165) is 24.8 Å². The maximum atomic E-state index is 12.4. The molecule has 0 radical (unpaired) electrons. The van der Waals surface area contributed by atoms with Crippen LogP contribution in [0.1, 0.15) is 31.2 Å². The highest BCUT2D eigenvalue weighted by Crippen LogP contribution is 2.73. The largest absolute Gasteiger partial charge is 0.481 e. The summed E-state index contributed by atoms with van der Waals surface area (Å²) in [4.78, 5) is 23.9. The number of carboxylic acids is 1. The minimum absolute atomic E-state index is 0.126. The van der Waals surface area contributed by atoms with Crippen LogP contribution in [0, 0.1) is 16.7 Å². The van der Waals surface area contributed by atoms with E-state index in [-0.39, 0.29) is 23.0 Å². The summed E-state index contributed by atoms with van der Waals surface area (Å²) in [6.07, 6.45) is 3.16. The molecule has 3 aliphatic carbocycles. The number of hydrogen-bond donors (Lipinski definition) is 2. The predicted molar refractivity (Wildman–Crippen MR) is 78.7 cm³/mol. The zero-order valence-electron chi connectivity index (χ0n) is 12.0. The number of aliphatic carboxylic acids is 1. The first kappa shape index (κ1) is 14.3. The number of ketones is 1. The van der Waals surface area contributed by atoms with Crippen molar-refractivity contribution in [2.75, 3.05) is 6.54 Å². The first-order valence-electron chi connectivity index (χ1n) is 7.49. The van der Waals surface area contributed by atoms with Gasteiger partial charge in [0.15, 0.2) is 0 Å². The highest BCUT2D eigenvalue weighted by atomic mass is 16.4. The van der Waals surface area contributed by atoms with E-state index in [1.54, 1.807) is 0 Å². The Labute approximate surface area is 124 Å². The summed E-state index contributed by atoms with van der Waals surface area (Å²) in [5.41, 5.74) is 6.65. The standard InChI is InChI=1S/C17H21NO3/c18-11-16-8-17(9-16,10-16)14(19)7-13(15(20)21)6-12-4-2-1-3-5-12/h1-5,13H,6-11,18H2,(H,20,21)/t13-,16?,17?/m1/s1. The Morgan fingerprint density at radius 2 is 1.81 bits per heavy atom. The molecule has 1 atom stereocenters. The molecular formula is C17H21NO3. The zero-order valence-corrected chi connectivity index (χ0v) is 12.0. The van der Waals surface area contributed by atoms with E-state index in [1.807, 2.05) is 30.3 Å². The molecular weight excluding hydrogens is 266 g/mol. The van der Waals surface area contributed by atoms with Gasteiger partial charge in [0, 0.05) is 11.8 Å². The first-order chi connectivity index (χ1) is 9.99. The molecule has 4 heteroatoms. The van der Waals surface area contributed by atoms with Crippen LogP contribution in [-0.2, 0) is 16.0 Å². The Morgan fingerprint density at radius 3 is 2.33 bits per heavy atom. The molecule has 0 unspecified atom stereocenters. The van der Waals surface area contributed by atoms with E-state index in [9.17, 15) is 14.7 Å². The number of carboxylic acid groups (broad SMARTS) is 1. The van der Waals surface area contributed by atoms with Gasteiger partial charge >= 0.3 is 5.97 Å². The molecule has 1 aromatic carbocycles. The van der Waals surface area contributed by atoms with Gasteiger partial charge in [0.25, 0.3) is 0 Å². The van der Waals surface area contributed by atoms with E-state index in [1.165, 1.54) is 0 Å². The molecule has 21 heavy (non-hydrogen) atoms. The van der Waals surface area contributed by atoms with Crippen LogP contribution in [0.4, 0.5) is 0 Å². The van der Waals surface area contributed by atoms with Gasteiger partial charge in [-0.15, -0.1) is 0 Å². The molecule has 4 nitrogen and oxygen atoms in total. The highest BCUT2D eigenvalue weighted by molar-refractivity contribution is 5.91. The third-order valence-electron chi connectivity index (χ3n) is 5.27. The summed E-state index contributed by atoms with van der Waals surface area (Å²) >= 11 is 0. The molecule has 3 aliphatic rings. The van der Waals surface area contributed by atoms with Crippen molar-refractivity contribution in [1.82, 2.24) is 0 Å². The lowest BCUT2D eigenvalue weighted by Gasteiger charge is -2.69. The third-order valence-corrected chi connectivity index (χ3v) is 5.27. The lowest BCUT2D eigenvalue weighted by atomic mass is 9.33. The van der Waals surface area contributed by atoms with Crippen LogP contribution in [0.25, 0.3) is 0 Å². The average Bonchev–Trinajstić information content (AvgIpc) is 2.36.